The van der Waals surface area contributed by atoms with Gasteiger partial charge in [0.05, 0.1) is 0 Å². The fourth-order valence-electron chi connectivity index (χ4n) is 2.53. The lowest BCUT2D eigenvalue weighted by atomic mass is 10.0. The Morgan fingerprint density at radius 1 is 1.30 bits per heavy atom. The molecule has 5 heteroatoms. The van der Waals surface area contributed by atoms with Gasteiger partial charge in [-0.1, -0.05) is 18.5 Å². The number of halogens is 1. The van der Waals surface area contributed by atoms with Crippen LogP contribution in [-0.4, -0.2) is 29.4 Å². The van der Waals surface area contributed by atoms with Gasteiger partial charge in [-0.3, -0.25) is 10.1 Å². The van der Waals surface area contributed by atoms with Crippen molar-refractivity contribution in [3.63, 3.8) is 0 Å². The Bertz CT molecular complexity index is 487. The largest absolute Gasteiger partial charge is 0.324 e. The number of carbonyl (C=O) groups excluding carboxylic acids is 2. The molecule has 1 aromatic rings. The number of nitrogens with zero attached hydrogens (tertiary/aromatic N) is 1. The molecule has 0 radical (unpaired) electrons. The lowest BCUT2D eigenvalue weighted by Crippen LogP contribution is -2.50. The third kappa shape index (κ3) is 3.51. The van der Waals surface area contributed by atoms with Gasteiger partial charge in [0.15, 0.2) is 0 Å². The van der Waals surface area contributed by atoms with Gasteiger partial charge in [-0.25, -0.2) is 4.79 Å². The number of rotatable bonds is 2. The van der Waals surface area contributed by atoms with Gasteiger partial charge in [0, 0.05) is 23.2 Å². The highest BCUT2D eigenvalue weighted by Gasteiger charge is 2.26. The molecule has 1 N–H and O–H groups in total. The highest BCUT2D eigenvalue weighted by molar-refractivity contribution is 6.30. The molecule has 0 spiro atoms. The van der Waals surface area contributed by atoms with E-state index in [0.717, 1.165) is 32.2 Å². The first kappa shape index (κ1) is 14.9. The van der Waals surface area contributed by atoms with E-state index in [1.54, 1.807) is 29.2 Å². The number of nitrogens with one attached hydrogen (secondary N) is 1. The van der Waals surface area contributed by atoms with Gasteiger partial charge in [0.2, 0.25) is 0 Å². The van der Waals surface area contributed by atoms with E-state index in [9.17, 15) is 9.59 Å². The Labute approximate surface area is 124 Å². The van der Waals surface area contributed by atoms with Crippen LogP contribution in [0, 0.1) is 0 Å². The first-order valence-electron chi connectivity index (χ1n) is 6.99. The topological polar surface area (TPSA) is 49.4 Å². The van der Waals surface area contributed by atoms with Crippen molar-refractivity contribution in [3.8, 4) is 0 Å². The monoisotopic (exact) mass is 294 g/mol. The molecular formula is C15H19ClN2O2. The number of likely N-dealkylation sites (tertiary alicyclic amines) is 1. The molecule has 1 unspecified atom stereocenters. The summed E-state index contributed by atoms with van der Waals surface area (Å²) in [6.45, 7) is 2.79. The second-order valence-corrected chi connectivity index (χ2v) is 5.45. The summed E-state index contributed by atoms with van der Waals surface area (Å²) < 4.78 is 0. The lowest BCUT2D eigenvalue weighted by Gasteiger charge is -2.34. The molecule has 4 nitrogen and oxygen atoms in total. The van der Waals surface area contributed by atoms with Crippen LogP contribution in [-0.2, 0) is 0 Å². The average Bonchev–Trinajstić information content (AvgIpc) is 2.47. The summed E-state index contributed by atoms with van der Waals surface area (Å²) in [7, 11) is 0. The SMILES string of the molecule is CCC1CCCCN1C(=O)NC(=O)c1ccc(Cl)cc1. The van der Waals surface area contributed by atoms with Crippen LogP contribution < -0.4 is 5.32 Å². The predicted octanol–water partition coefficient (Wildman–Crippen LogP) is 3.45. The highest BCUT2D eigenvalue weighted by atomic mass is 35.5. The number of amides is 3. The summed E-state index contributed by atoms with van der Waals surface area (Å²) in [4.78, 5) is 26.0. The number of carbonyl (C=O) groups is 2. The molecule has 1 saturated heterocycles. The zero-order valence-electron chi connectivity index (χ0n) is 11.6. The third-order valence-corrected chi connectivity index (χ3v) is 3.94. The minimum atomic E-state index is -0.382. The highest BCUT2D eigenvalue weighted by Crippen LogP contribution is 2.19. The van der Waals surface area contributed by atoms with E-state index in [-0.39, 0.29) is 18.0 Å². The van der Waals surface area contributed by atoms with Crippen molar-refractivity contribution in [2.24, 2.45) is 0 Å². The molecule has 1 aliphatic rings. The van der Waals surface area contributed by atoms with Gasteiger partial charge in [-0.2, -0.15) is 0 Å². The Balaban J connectivity index is 1.99. The summed E-state index contributed by atoms with van der Waals surface area (Å²) in [5.41, 5.74) is 0.438. The average molecular weight is 295 g/mol. The smallest absolute Gasteiger partial charge is 0.321 e. The van der Waals surface area contributed by atoms with Crippen LogP contribution in [0.5, 0.6) is 0 Å². The number of imide groups is 1. The summed E-state index contributed by atoms with van der Waals surface area (Å²) in [6.07, 6.45) is 4.08. The standard InChI is InChI=1S/C15H19ClN2O2/c1-2-13-5-3-4-10-18(13)15(20)17-14(19)11-6-8-12(16)9-7-11/h6-9,13H,2-5,10H2,1H3,(H,17,19,20). The van der Waals surface area contributed by atoms with E-state index in [1.165, 1.54) is 0 Å². The Hall–Kier alpha value is -1.55. The lowest BCUT2D eigenvalue weighted by molar-refractivity contribution is 0.0933. The van der Waals surface area contributed by atoms with Crippen molar-refractivity contribution in [2.75, 3.05) is 6.54 Å². The molecule has 0 aliphatic carbocycles. The van der Waals surface area contributed by atoms with Crippen LogP contribution in [0.3, 0.4) is 0 Å². The molecule has 1 heterocycles. The second kappa shape index (κ2) is 6.75. The number of hydrogen-bond acceptors (Lipinski definition) is 2. The molecule has 0 bridgehead atoms. The zero-order chi connectivity index (χ0) is 14.5. The minimum absolute atomic E-state index is 0.238. The maximum Gasteiger partial charge on any atom is 0.324 e. The maximum atomic E-state index is 12.2. The summed E-state index contributed by atoms with van der Waals surface area (Å²) in [6, 6.07) is 6.43. The van der Waals surface area contributed by atoms with Gasteiger partial charge >= 0.3 is 6.03 Å². The van der Waals surface area contributed by atoms with Gasteiger partial charge in [-0.15, -0.1) is 0 Å². The maximum absolute atomic E-state index is 12.2. The zero-order valence-corrected chi connectivity index (χ0v) is 12.3. The molecule has 20 heavy (non-hydrogen) atoms. The second-order valence-electron chi connectivity index (χ2n) is 5.02. The van der Waals surface area contributed by atoms with Crippen LogP contribution in [0.15, 0.2) is 24.3 Å². The van der Waals surface area contributed by atoms with Crippen molar-refractivity contribution >= 4 is 23.5 Å². The van der Waals surface area contributed by atoms with Crippen molar-refractivity contribution < 1.29 is 9.59 Å². The molecule has 0 saturated carbocycles. The van der Waals surface area contributed by atoms with Crippen molar-refractivity contribution in [1.29, 1.82) is 0 Å². The van der Waals surface area contributed by atoms with Crippen LogP contribution >= 0.6 is 11.6 Å². The first-order chi connectivity index (χ1) is 9.61. The summed E-state index contributed by atoms with van der Waals surface area (Å²) >= 11 is 5.77. The molecule has 2 rings (SSSR count). The van der Waals surface area contributed by atoms with Gasteiger partial charge in [0.1, 0.15) is 0 Å². The number of piperidine rings is 1. The minimum Gasteiger partial charge on any atom is -0.321 e. The first-order valence-corrected chi connectivity index (χ1v) is 7.37. The predicted molar refractivity (Wildman–Crippen MR) is 79.0 cm³/mol. The van der Waals surface area contributed by atoms with Gasteiger partial charge in [0.25, 0.3) is 5.91 Å². The fourth-order valence-corrected chi connectivity index (χ4v) is 2.66. The summed E-state index contributed by atoms with van der Waals surface area (Å²) in [5, 5.41) is 3.02. The third-order valence-electron chi connectivity index (χ3n) is 3.69. The number of benzene rings is 1. The molecule has 3 amide bonds. The fraction of sp³-hybridized carbons (Fsp3) is 0.467. The van der Waals surface area contributed by atoms with Crippen molar-refractivity contribution in [2.45, 2.75) is 38.6 Å². The van der Waals surface area contributed by atoms with E-state index < -0.39 is 0 Å². The van der Waals surface area contributed by atoms with Gasteiger partial charge < -0.3 is 4.90 Å². The summed E-state index contributed by atoms with van der Waals surface area (Å²) in [5.74, 6) is -0.382. The molecule has 1 atom stereocenters. The quantitative estimate of drug-likeness (QED) is 0.908. The van der Waals surface area contributed by atoms with Gasteiger partial charge in [-0.05, 0) is 49.9 Å². The van der Waals surface area contributed by atoms with Crippen molar-refractivity contribution in [3.05, 3.63) is 34.9 Å². The molecule has 1 fully saturated rings. The number of hydrogen-bond donors (Lipinski definition) is 1. The molecule has 1 aromatic carbocycles. The van der Waals surface area contributed by atoms with Crippen LogP contribution in [0.4, 0.5) is 4.79 Å². The Morgan fingerprint density at radius 2 is 2.00 bits per heavy atom. The van der Waals surface area contributed by atoms with E-state index in [1.807, 2.05) is 0 Å². The Kier molecular flexibility index (Phi) is 5.01. The van der Waals surface area contributed by atoms with Crippen molar-refractivity contribution in [1.82, 2.24) is 10.2 Å². The van der Waals surface area contributed by atoms with E-state index in [4.69, 9.17) is 11.6 Å². The normalized spacial score (nSPS) is 18.7. The van der Waals surface area contributed by atoms with Crippen LogP contribution in [0.2, 0.25) is 5.02 Å². The van der Waals surface area contributed by atoms with E-state index in [0.29, 0.717) is 10.6 Å². The molecule has 0 aromatic heterocycles. The van der Waals surface area contributed by atoms with Crippen LogP contribution in [0.25, 0.3) is 0 Å². The number of urea groups is 1. The Morgan fingerprint density at radius 3 is 2.65 bits per heavy atom. The van der Waals surface area contributed by atoms with Crippen LogP contribution in [0.1, 0.15) is 43.0 Å². The van der Waals surface area contributed by atoms with E-state index in [2.05, 4.69) is 12.2 Å². The van der Waals surface area contributed by atoms with E-state index >= 15 is 0 Å². The molecular weight excluding hydrogens is 276 g/mol. The molecule has 1 aliphatic heterocycles. The molecule has 108 valence electrons.